The molecule has 19 heavy (non-hydrogen) atoms. The van der Waals surface area contributed by atoms with E-state index in [0.29, 0.717) is 12.1 Å². The normalized spacial score (nSPS) is 11.3. The van der Waals surface area contributed by atoms with Gasteiger partial charge < -0.3 is 5.32 Å². The molecule has 0 radical (unpaired) electrons. The third kappa shape index (κ3) is 3.65. The number of nitrogens with zero attached hydrogens (tertiary/aromatic N) is 2. The molecule has 0 aliphatic carbocycles. The van der Waals surface area contributed by atoms with Gasteiger partial charge in [-0.3, -0.25) is 9.78 Å². The molecular formula is C15H13N3O. The number of nitriles is 1. The van der Waals surface area contributed by atoms with Crippen LogP contribution in [-0.2, 0) is 11.2 Å². The number of pyridine rings is 1. The Morgan fingerprint density at radius 2 is 2.05 bits per heavy atom. The number of aromatic nitrogens is 1. The van der Waals surface area contributed by atoms with Crippen LogP contribution in [0.5, 0.6) is 0 Å². The van der Waals surface area contributed by atoms with Crippen molar-refractivity contribution in [2.24, 2.45) is 5.92 Å². The number of hydrogen-bond acceptors (Lipinski definition) is 3. The van der Waals surface area contributed by atoms with Crippen LogP contribution in [0, 0.1) is 17.2 Å². The van der Waals surface area contributed by atoms with Gasteiger partial charge in [0.2, 0.25) is 5.91 Å². The monoisotopic (exact) mass is 251 g/mol. The van der Waals surface area contributed by atoms with E-state index < -0.39 is 5.92 Å². The highest BCUT2D eigenvalue weighted by molar-refractivity contribution is 5.94. The van der Waals surface area contributed by atoms with Gasteiger partial charge in [-0.1, -0.05) is 24.3 Å². The minimum absolute atomic E-state index is 0.294. The Morgan fingerprint density at radius 3 is 2.68 bits per heavy atom. The highest BCUT2D eigenvalue weighted by Crippen LogP contribution is 2.11. The fraction of sp³-hybridized carbons (Fsp3) is 0.133. The number of benzene rings is 1. The van der Waals surface area contributed by atoms with E-state index in [0.717, 1.165) is 5.56 Å². The van der Waals surface area contributed by atoms with Gasteiger partial charge in [-0.25, -0.2) is 0 Å². The van der Waals surface area contributed by atoms with E-state index in [1.165, 1.54) is 0 Å². The molecule has 1 aromatic carbocycles. The zero-order valence-electron chi connectivity index (χ0n) is 10.3. The molecule has 1 N–H and O–H groups in total. The number of anilines is 1. The second kappa shape index (κ2) is 6.31. The van der Waals surface area contributed by atoms with Crippen LogP contribution < -0.4 is 5.32 Å². The van der Waals surface area contributed by atoms with Gasteiger partial charge in [-0.05, 0) is 30.2 Å². The summed E-state index contributed by atoms with van der Waals surface area (Å²) >= 11 is 0. The highest BCUT2D eigenvalue weighted by Gasteiger charge is 2.18. The lowest BCUT2D eigenvalue weighted by Gasteiger charge is -2.10. The Morgan fingerprint density at radius 1 is 1.26 bits per heavy atom. The molecular weight excluding hydrogens is 238 g/mol. The SMILES string of the molecule is N#C[C@H](Cc1cccnc1)C(=O)Nc1ccccc1. The summed E-state index contributed by atoms with van der Waals surface area (Å²) in [4.78, 5) is 16.0. The number of para-hydroxylation sites is 1. The van der Waals surface area contributed by atoms with Crippen molar-refractivity contribution in [3.8, 4) is 6.07 Å². The average molecular weight is 251 g/mol. The minimum Gasteiger partial charge on any atom is -0.325 e. The van der Waals surface area contributed by atoms with Crippen LogP contribution in [-0.4, -0.2) is 10.9 Å². The van der Waals surface area contributed by atoms with E-state index in [-0.39, 0.29) is 5.91 Å². The first-order valence-electron chi connectivity index (χ1n) is 5.94. The van der Waals surface area contributed by atoms with Gasteiger partial charge in [0.1, 0.15) is 5.92 Å². The van der Waals surface area contributed by atoms with Gasteiger partial charge in [0.05, 0.1) is 6.07 Å². The minimum atomic E-state index is -0.718. The Labute approximate surface area is 111 Å². The van der Waals surface area contributed by atoms with E-state index >= 15 is 0 Å². The van der Waals surface area contributed by atoms with Crippen molar-refractivity contribution in [2.45, 2.75) is 6.42 Å². The number of nitrogens with one attached hydrogen (secondary N) is 1. The van der Waals surface area contributed by atoms with Gasteiger partial charge in [0.25, 0.3) is 0 Å². The van der Waals surface area contributed by atoms with Crippen molar-refractivity contribution < 1.29 is 4.79 Å². The quantitative estimate of drug-likeness (QED) is 0.907. The van der Waals surface area contributed by atoms with Gasteiger partial charge >= 0.3 is 0 Å². The predicted octanol–water partition coefficient (Wildman–Crippen LogP) is 2.40. The average Bonchev–Trinajstić information content (AvgIpc) is 2.47. The molecule has 4 nitrogen and oxygen atoms in total. The van der Waals surface area contributed by atoms with E-state index in [4.69, 9.17) is 5.26 Å². The third-order valence-corrected chi connectivity index (χ3v) is 2.68. The molecule has 2 aromatic rings. The number of amides is 1. The van der Waals surface area contributed by atoms with E-state index in [1.807, 2.05) is 30.3 Å². The zero-order chi connectivity index (χ0) is 13.5. The molecule has 1 heterocycles. The van der Waals surface area contributed by atoms with Crippen molar-refractivity contribution in [2.75, 3.05) is 5.32 Å². The van der Waals surface area contributed by atoms with Crippen LogP contribution >= 0.6 is 0 Å². The van der Waals surface area contributed by atoms with Crippen LogP contribution in [0.1, 0.15) is 5.56 Å². The van der Waals surface area contributed by atoms with Crippen molar-refractivity contribution in [1.82, 2.24) is 4.98 Å². The van der Waals surface area contributed by atoms with Gasteiger partial charge in [0, 0.05) is 18.1 Å². The lowest BCUT2D eigenvalue weighted by molar-refractivity contribution is -0.118. The fourth-order valence-corrected chi connectivity index (χ4v) is 1.70. The molecule has 0 aliphatic rings. The van der Waals surface area contributed by atoms with Crippen LogP contribution in [0.25, 0.3) is 0 Å². The van der Waals surface area contributed by atoms with Crippen LogP contribution in [0.2, 0.25) is 0 Å². The van der Waals surface area contributed by atoms with E-state index in [9.17, 15) is 4.79 Å². The van der Waals surface area contributed by atoms with Crippen molar-refractivity contribution in [1.29, 1.82) is 5.26 Å². The summed E-state index contributed by atoms with van der Waals surface area (Å²) in [6.07, 6.45) is 3.69. The summed E-state index contributed by atoms with van der Waals surface area (Å²) < 4.78 is 0. The number of rotatable bonds is 4. The Kier molecular flexibility index (Phi) is 4.25. The van der Waals surface area contributed by atoms with Crippen molar-refractivity contribution in [3.05, 3.63) is 60.4 Å². The second-order valence-electron chi connectivity index (χ2n) is 4.10. The summed E-state index contributed by atoms with van der Waals surface area (Å²) in [5.41, 5.74) is 1.57. The standard InChI is InChI=1S/C15H13N3O/c16-10-13(9-12-5-4-8-17-11-12)15(19)18-14-6-2-1-3-7-14/h1-8,11,13H,9H2,(H,18,19)/t13-/m0/s1. The summed E-state index contributed by atoms with van der Waals surface area (Å²) in [6.45, 7) is 0. The molecule has 4 heteroatoms. The predicted molar refractivity (Wildman–Crippen MR) is 72.1 cm³/mol. The maximum atomic E-state index is 12.0. The highest BCUT2D eigenvalue weighted by atomic mass is 16.1. The Bertz CT molecular complexity index is 575. The number of hydrogen-bond donors (Lipinski definition) is 1. The summed E-state index contributed by atoms with van der Waals surface area (Å²) in [7, 11) is 0. The lowest BCUT2D eigenvalue weighted by atomic mass is 10.0. The van der Waals surface area contributed by atoms with Gasteiger partial charge in [-0.15, -0.1) is 0 Å². The molecule has 0 saturated carbocycles. The maximum Gasteiger partial charge on any atom is 0.242 e. The first-order chi connectivity index (χ1) is 9.29. The molecule has 0 saturated heterocycles. The molecule has 1 aromatic heterocycles. The second-order valence-corrected chi connectivity index (χ2v) is 4.10. The summed E-state index contributed by atoms with van der Waals surface area (Å²) in [5, 5.41) is 11.8. The van der Waals surface area contributed by atoms with Crippen LogP contribution in [0.3, 0.4) is 0 Å². The van der Waals surface area contributed by atoms with Crippen LogP contribution in [0.4, 0.5) is 5.69 Å². The molecule has 0 bridgehead atoms. The Hall–Kier alpha value is -2.67. The largest absolute Gasteiger partial charge is 0.325 e. The lowest BCUT2D eigenvalue weighted by Crippen LogP contribution is -2.23. The van der Waals surface area contributed by atoms with Crippen LogP contribution in [0.15, 0.2) is 54.9 Å². The topological polar surface area (TPSA) is 65.8 Å². The molecule has 0 unspecified atom stereocenters. The Balaban J connectivity index is 2.02. The summed E-state index contributed by atoms with van der Waals surface area (Å²) in [5.74, 6) is -1.01. The van der Waals surface area contributed by atoms with E-state index in [1.54, 1.807) is 30.6 Å². The molecule has 0 spiro atoms. The third-order valence-electron chi connectivity index (χ3n) is 2.68. The first kappa shape index (κ1) is 12.8. The smallest absolute Gasteiger partial charge is 0.242 e. The maximum absolute atomic E-state index is 12.0. The van der Waals surface area contributed by atoms with Crippen molar-refractivity contribution in [3.63, 3.8) is 0 Å². The molecule has 1 atom stereocenters. The zero-order valence-corrected chi connectivity index (χ0v) is 10.3. The molecule has 2 rings (SSSR count). The molecule has 0 aliphatic heterocycles. The van der Waals surface area contributed by atoms with Gasteiger partial charge in [-0.2, -0.15) is 5.26 Å². The first-order valence-corrected chi connectivity index (χ1v) is 5.94. The molecule has 1 amide bonds. The number of carbonyl (C=O) groups is 1. The number of carbonyl (C=O) groups excluding carboxylic acids is 1. The van der Waals surface area contributed by atoms with Gasteiger partial charge in [0.15, 0.2) is 0 Å². The molecule has 0 fully saturated rings. The summed E-state index contributed by atoms with van der Waals surface area (Å²) in [6, 6.07) is 14.8. The fourth-order valence-electron chi connectivity index (χ4n) is 1.70. The van der Waals surface area contributed by atoms with Crippen molar-refractivity contribution >= 4 is 11.6 Å². The van der Waals surface area contributed by atoms with E-state index in [2.05, 4.69) is 10.3 Å². The molecule has 94 valence electrons.